The van der Waals surface area contributed by atoms with E-state index in [1.807, 2.05) is 25.7 Å². The SMILES string of the molecule is CCN(CC)C(=O)C(C)Sc1ccc(CNC(C)C)cc1. The molecule has 0 aliphatic carbocycles. The zero-order valence-corrected chi connectivity index (χ0v) is 14.7. The van der Waals surface area contributed by atoms with Gasteiger partial charge in [0.1, 0.15) is 0 Å². The lowest BCUT2D eigenvalue weighted by Crippen LogP contribution is -2.36. The predicted octanol–water partition coefficient (Wildman–Crippen LogP) is 3.53. The first kappa shape index (κ1) is 18.1. The summed E-state index contributed by atoms with van der Waals surface area (Å²) in [7, 11) is 0. The summed E-state index contributed by atoms with van der Waals surface area (Å²) in [6.45, 7) is 12.8. The number of thioether (sulfide) groups is 1. The van der Waals surface area contributed by atoms with Gasteiger partial charge in [-0.25, -0.2) is 0 Å². The molecule has 1 aromatic carbocycles. The number of carbonyl (C=O) groups excluding carboxylic acids is 1. The average Bonchev–Trinajstić information content (AvgIpc) is 2.47. The van der Waals surface area contributed by atoms with Crippen LogP contribution in [0.2, 0.25) is 0 Å². The first-order valence-electron chi connectivity index (χ1n) is 7.75. The summed E-state index contributed by atoms with van der Waals surface area (Å²) in [5, 5.41) is 3.37. The van der Waals surface area contributed by atoms with E-state index in [-0.39, 0.29) is 11.2 Å². The maximum absolute atomic E-state index is 12.2. The van der Waals surface area contributed by atoms with Crippen molar-refractivity contribution in [3.8, 4) is 0 Å². The molecule has 0 bridgehead atoms. The van der Waals surface area contributed by atoms with Gasteiger partial charge in [0.2, 0.25) is 5.91 Å². The molecule has 0 saturated heterocycles. The van der Waals surface area contributed by atoms with Crippen LogP contribution in [0.1, 0.15) is 40.2 Å². The molecule has 1 rings (SSSR count). The first-order chi connectivity index (χ1) is 9.97. The van der Waals surface area contributed by atoms with Crippen molar-refractivity contribution in [2.24, 2.45) is 0 Å². The molecule has 0 spiro atoms. The van der Waals surface area contributed by atoms with Crippen LogP contribution in [0.15, 0.2) is 29.2 Å². The number of hydrogen-bond acceptors (Lipinski definition) is 3. The third-order valence-corrected chi connectivity index (χ3v) is 4.47. The van der Waals surface area contributed by atoms with E-state index in [0.717, 1.165) is 24.5 Å². The molecule has 0 aromatic heterocycles. The Labute approximate surface area is 133 Å². The largest absolute Gasteiger partial charge is 0.342 e. The van der Waals surface area contributed by atoms with Gasteiger partial charge >= 0.3 is 0 Å². The second-order valence-corrected chi connectivity index (χ2v) is 6.86. The average molecular weight is 308 g/mol. The summed E-state index contributed by atoms with van der Waals surface area (Å²) >= 11 is 1.63. The van der Waals surface area contributed by atoms with Gasteiger partial charge in [-0.15, -0.1) is 11.8 Å². The number of nitrogens with one attached hydrogen (secondary N) is 1. The van der Waals surface area contributed by atoms with E-state index in [9.17, 15) is 4.79 Å². The molecular weight excluding hydrogens is 280 g/mol. The Morgan fingerprint density at radius 2 is 1.71 bits per heavy atom. The molecule has 21 heavy (non-hydrogen) atoms. The zero-order chi connectivity index (χ0) is 15.8. The topological polar surface area (TPSA) is 32.3 Å². The molecule has 4 heteroatoms. The van der Waals surface area contributed by atoms with Crippen molar-refractivity contribution < 1.29 is 4.79 Å². The fourth-order valence-corrected chi connectivity index (χ4v) is 3.01. The van der Waals surface area contributed by atoms with Gasteiger partial charge in [0.15, 0.2) is 0 Å². The third kappa shape index (κ3) is 6.10. The van der Waals surface area contributed by atoms with E-state index >= 15 is 0 Å². The second-order valence-electron chi connectivity index (χ2n) is 5.45. The van der Waals surface area contributed by atoms with Crippen molar-refractivity contribution in [3.05, 3.63) is 29.8 Å². The molecule has 3 nitrogen and oxygen atoms in total. The molecule has 0 fully saturated rings. The van der Waals surface area contributed by atoms with E-state index in [1.54, 1.807) is 11.8 Å². The van der Waals surface area contributed by atoms with Gasteiger partial charge in [0.05, 0.1) is 5.25 Å². The number of rotatable bonds is 8. The van der Waals surface area contributed by atoms with E-state index < -0.39 is 0 Å². The fourth-order valence-electron chi connectivity index (χ4n) is 2.05. The van der Waals surface area contributed by atoms with Crippen molar-refractivity contribution in [1.29, 1.82) is 0 Å². The summed E-state index contributed by atoms with van der Waals surface area (Å²) in [6, 6.07) is 8.96. The molecule has 0 aliphatic heterocycles. The highest BCUT2D eigenvalue weighted by Gasteiger charge is 2.18. The molecule has 1 aromatic rings. The minimum absolute atomic E-state index is 0.0375. The number of amides is 1. The summed E-state index contributed by atoms with van der Waals surface area (Å²) in [5.74, 6) is 0.218. The zero-order valence-electron chi connectivity index (χ0n) is 13.8. The number of hydrogen-bond donors (Lipinski definition) is 1. The Bertz CT molecular complexity index is 427. The smallest absolute Gasteiger partial charge is 0.235 e. The number of benzene rings is 1. The molecule has 118 valence electrons. The Kier molecular flexibility index (Phi) is 7.83. The lowest BCUT2D eigenvalue weighted by molar-refractivity contribution is -0.129. The van der Waals surface area contributed by atoms with E-state index in [1.165, 1.54) is 5.56 Å². The van der Waals surface area contributed by atoms with Crippen molar-refractivity contribution in [1.82, 2.24) is 10.2 Å². The summed E-state index contributed by atoms with van der Waals surface area (Å²) in [4.78, 5) is 15.3. The molecule has 0 saturated carbocycles. The van der Waals surface area contributed by atoms with Crippen LogP contribution < -0.4 is 5.32 Å². The van der Waals surface area contributed by atoms with Crippen molar-refractivity contribution in [2.75, 3.05) is 13.1 Å². The van der Waals surface area contributed by atoms with Gasteiger partial charge in [-0.05, 0) is 38.5 Å². The van der Waals surface area contributed by atoms with Gasteiger partial charge in [0, 0.05) is 30.6 Å². The Morgan fingerprint density at radius 1 is 1.14 bits per heavy atom. The van der Waals surface area contributed by atoms with Crippen LogP contribution in [0.5, 0.6) is 0 Å². The number of carbonyl (C=O) groups is 1. The highest BCUT2D eigenvalue weighted by atomic mass is 32.2. The molecular formula is C17H28N2OS. The monoisotopic (exact) mass is 308 g/mol. The van der Waals surface area contributed by atoms with Crippen LogP contribution in [0.3, 0.4) is 0 Å². The minimum Gasteiger partial charge on any atom is -0.342 e. The maximum Gasteiger partial charge on any atom is 0.235 e. The van der Waals surface area contributed by atoms with Crippen LogP contribution in [0.25, 0.3) is 0 Å². The van der Waals surface area contributed by atoms with Crippen molar-refractivity contribution >= 4 is 17.7 Å². The normalized spacial score (nSPS) is 12.5. The molecule has 0 heterocycles. The van der Waals surface area contributed by atoms with Crippen LogP contribution in [-0.2, 0) is 11.3 Å². The van der Waals surface area contributed by atoms with Crippen LogP contribution >= 0.6 is 11.8 Å². The quantitative estimate of drug-likeness (QED) is 0.746. The highest BCUT2D eigenvalue weighted by Crippen LogP contribution is 2.24. The minimum atomic E-state index is -0.0375. The Balaban J connectivity index is 2.56. The third-order valence-electron chi connectivity index (χ3n) is 3.37. The number of nitrogens with zero attached hydrogens (tertiary/aromatic N) is 1. The molecule has 0 radical (unpaired) electrons. The lowest BCUT2D eigenvalue weighted by atomic mass is 10.2. The van der Waals surface area contributed by atoms with Gasteiger partial charge in [-0.2, -0.15) is 0 Å². The molecule has 1 N–H and O–H groups in total. The van der Waals surface area contributed by atoms with Gasteiger partial charge in [0.25, 0.3) is 0 Å². The van der Waals surface area contributed by atoms with Crippen LogP contribution in [0, 0.1) is 0 Å². The molecule has 1 atom stereocenters. The molecule has 1 amide bonds. The predicted molar refractivity (Wildman–Crippen MR) is 91.7 cm³/mol. The lowest BCUT2D eigenvalue weighted by Gasteiger charge is -2.22. The van der Waals surface area contributed by atoms with Crippen LogP contribution in [0.4, 0.5) is 0 Å². The van der Waals surface area contributed by atoms with Crippen molar-refractivity contribution in [2.45, 2.75) is 57.4 Å². The van der Waals surface area contributed by atoms with Crippen LogP contribution in [-0.4, -0.2) is 35.2 Å². The van der Waals surface area contributed by atoms with Gasteiger partial charge in [-0.3, -0.25) is 4.79 Å². The molecule has 0 aliphatic rings. The second kappa shape index (κ2) is 9.11. The van der Waals surface area contributed by atoms with E-state index in [4.69, 9.17) is 0 Å². The maximum atomic E-state index is 12.2. The van der Waals surface area contributed by atoms with Crippen molar-refractivity contribution in [3.63, 3.8) is 0 Å². The van der Waals surface area contributed by atoms with E-state index in [0.29, 0.717) is 6.04 Å². The van der Waals surface area contributed by atoms with Gasteiger partial charge < -0.3 is 10.2 Å². The Morgan fingerprint density at radius 3 is 2.19 bits per heavy atom. The van der Waals surface area contributed by atoms with Gasteiger partial charge in [-0.1, -0.05) is 26.0 Å². The molecule has 1 unspecified atom stereocenters. The fraction of sp³-hybridized carbons (Fsp3) is 0.588. The summed E-state index contributed by atoms with van der Waals surface area (Å²) in [5.41, 5.74) is 1.27. The first-order valence-corrected chi connectivity index (χ1v) is 8.63. The Hall–Kier alpha value is -1.00. The summed E-state index contributed by atoms with van der Waals surface area (Å²) < 4.78 is 0. The standard InChI is InChI=1S/C17H28N2OS/c1-6-19(7-2)17(20)14(5)21-16-10-8-15(9-11-16)12-18-13(3)4/h8-11,13-14,18H,6-7,12H2,1-5H3. The van der Waals surface area contributed by atoms with E-state index in [2.05, 4.69) is 43.4 Å². The highest BCUT2D eigenvalue weighted by molar-refractivity contribution is 8.00. The summed E-state index contributed by atoms with van der Waals surface area (Å²) in [6.07, 6.45) is 0.